The van der Waals surface area contributed by atoms with E-state index in [1.54, 1.807) is 17.7 Å². The molecule has 0 aliphatic carbocycles. The van der Waals surface area contributed by atoms with Crippen LogP contribution in [0.3, 0.4) is 0 Å². The summed E-state index contributed by atoms with van der Waals surface area (Å²) in [5.74, 6) is -0.291. The maximum Gasteiger partial charge on any atom is 0.330 e. The third kappa shape index (κ3) is 5.18. The number of esters is 1. The van der Waals surface area contributed by atoms with Gasteiger partial charge in [0.25, 0.3) is 5.91 Å². The first-order valence-corrected chi connectivity index (χ1v) is 7.50. The lowest BCUT2D eigenvalue weighted by molar-refractivity contribution is -0.134. The molecule has 22 heavy (non-hydrogen) atoms. The number of aromatic nitrogens is 2. The second kappa shape index (κ2) is 8.58. The second-order valence-electron chi connectivity index (χ2n) is 5.30. The molecule has 1 rings (SSSR count). The molecule has 1 N–H and O–H groups in total. The van der Waals surface area contributed by atoms with Crippen molar-refractivity contribution in [2.75, 3.05) is 13.7 Å². The van der Waals surface area contributed by atoms with Gasteiger partial charge in [-0.25, -0.2) is 4.79 Å². The van der Waals surface area contributed by atoms with Crippen molar-refractivity contribution in [1.82, 2.24) is 15.1 Å². The molecule has 0 fully saturated rings. The zero-order valence-corrected chi connectivity index (χ0v) is 14.1. The minimum atomic E-state index is -0.417. The number of nitrogens with one attached hydrogen (secondary N) is 1. The van der Waals surface area contributed by atoms with E-state index >= 15 is 0 Å². The maximum atomic E-state index is 12.2. The van der Waals surface area contributed by atoms with Crippen LogP contribution in [0.1, 0.15) is 36.3 Å². The predicted octanol–water partition coefficient (Wildman–Crippen LogP) is 2.35. The maximum absolute atomic E-state index is 12.2. The number of hydrogen-bond donors (Lipinski definition) is 1. The SMILES string of the molecule is COC(=O)/C=C/CCNC(=O)c1c(C)nn(CC(C)C)c1Cl. The van der Waals surface area contributed by atoms with E-state index < -0.39 is 5.97 Å². The Bertz CT molecular complexity index is 565. The van der Waals surface area contributed by atoms with Crippen LogP contribution in [0.2, 0.25) is 5.15 Å². The summed E-state index contributed by atoms with van der Waals surface area (Å²) >= 11 is 6.23. The number of halogens is 1. The van der Waals surface area contributed by atoms with E-state index in [-0.39, 0.29) is 5.91 Å². The van der Waals surface area contributed by atoms with Crippen LogP contribution in [0.15, 0.2) is 12.2 Å². The fourth-order valence-corrected chi connectivity index (χ4v) is 2.21. The number of amides is 1. The molecule has 0 saturated heterocycles. The molecular weight excluding hydrogens is 306 g/mol. The summed E-state index contributed by atoms with van der Waals surface area (Å²) in [6.45, 7) is 6.93. The minimum absolute atomic E-state index is 0.260. The van der Waals surface area contributed by atoms with Gasteiger partial charge in [0.2, 0.25) is 0 Å². The van der Waals surface area contributed by atoms with Gasteiger partial charge in [-0.3, -0.25) is 9.48 Å². The Morgan fingerprint density at radius 1 is 1.45 bits per heavy atom. The number of carbonyl (C=O) groups excluding carboxylic acids is 2. The van der Waals surface area contributed by atoms with Crippen molar-refractivity contribution < 1.29 is 14.3 Å². The quantitative estimate of drug-likeness (QED) is 0.474. The highest BCUT2D eigenvalue weighted by molar-refractivity contribution is 6.33. The monoisotopic (exact) mass is 327 g/mol. The molecule has 1 aromatic rings. The normalized spacial score (nSPS) is 11.2. The zero-order valence-electron chi connectivity index (χ0n) is 13.4. The summed E-state index contributed by atoms with van der Waals surface area (Å²) in [5.41, 5.74) is 1.01. The van der Waals surface area contributed by atoms with Crippen LogP contribution >= 0.6 is 11.6 Å². The van der Waals surface area contributed by atoms with Crippen LogP contribution in [0.5, 0.6) is 0 Å². The van der Waals surface area contributed by atoms with Crippen molar-refractivity contribution in [1.29, 1.82) is 0 Å². The standard InChI is InChI=1S/C15H22ClN3O3/c1-10(2)9-19-14(16)13(11(3)18-19)15(21)17-8-6-5-7-12(20)22-4/h5,7,10H,6,8-9H2,1-4H3,(H,17,21)/b7-5+. The molecule has 6 nitrogen and oxygen atoms in total. The van der Waals surface area contributed by atoms with Crippen LogP contribution < -0.4 is 5.32 Å². The summed E-state index contributed by atoms with van der Waals surface area (Å²) in [5, 5.41) is 7.41. The molecule has 1 heterocycles. The van der Waals surface area contributed by atoms with Gasteiger partial charge < -0.3 is 10.1 Å². The molecule has 1 amide bonds. The van der Waals surface area contributed by atoms with E-state index in [0.717, 1.165) is 0 Å². The summed E-state index contributed by atoms with van der Waals surface area (Å²) in [4.78, 5) is 23.1. The van der Waals surface area contributed by atoms with Crippen LogP contribution in [0.25, 0.3) is 0 Å². The lowest BCUT2D eigenvalue weighted by atomic mass is 10.2. The van der Waals surface area contributed by atoms with Gasteiger partial charge >= 0.3 is 5.97 Å². The Hall–Kier alpha value is -1.82. The Morgan fingerprint density at radius 2 is 2.14 bits per heavy atom. The summed E-state index contributed by atoms with van der Waals surface area (Å²) in [7, 11) is 1.31. The molecule has 0 aliphatic heterocycles. The lowest BCUT2D eigenvalue weighted by Gasteiger charge is -2.06. The van der Waals surface area contributed by atoms with Gasteiger partial charge in [0.05, 0.1) is 18.4 Å². The summed E-state index contributed by atoms with van der Waals surface area (Å²) in [6, 6.07) is 0. The number of ether oxygens (including phenoxy) is 1. The van der Waals surface area contributed by atoms with E-state index in [2.05, 4.69) is 29.0 Å². The van der Waals surface area contributed by atoms with Gasteiger partial charge in [-0.15, -0.1) is 0 Å². The van der Waals surface area contributed by atoms with Crippen molar-refractivity contribution >= 4 is 23.5 Å². The molecular formula is C15H22ClN3O3. The molecule has 122 valence electrons. The van der Waals surface area contributed by atoms with Crippen molar-refractivity contribution in [3.05, 3.63) is 28.6 Å². The Morgan fingerprint density at radius 3 is 2.73 bits per heavy atom. The van der Waals surface area contributed by atoms with Crippen molar-refractivity contribution in [3.63, 3.8) is 0 Å². The summed E-state index contributed by atoms with van der Waals surface area (Å²) < 4.78 is 6.12. The van der Waals surface area contributed by atoms with Gasteiger partial charge in [0.15, 0.2) is 0 Å². The molecule has 0 unspecified atom stereocenters. The molecule has 0 saturated carbocycles. The summed E-state index contributed by atoms with van der Waals surface area (Å²) in [6.07, 6.45) is 3.49. The van der Waals surface area contributed by atoms with Crippen molar-refractivity contribution in [2.24, 2.45) is 5.92 Å². The van der Waals surface area contributed by atoms with Crippen molar-refractivity contribution in [2.45, 2.75) is 33.7 Å². The van der Waals surface area contributed by atoms with Gasteiger partial charge in [-0.2, -0.15) is 5.10 Å². The number of methoxy groups -OCH3 is 1. The molecule has 0 aliphatic rings. The van der Waals surface area contributed by atoms with Crippen LogP contribution in [0.4, 0.5) is 0 Å². The van der Waals surface area contributed by atoms with E-state index in [4.69, 9.17) is 11.6 Å². The second-order valence-corrected chi connectivity index (χ2v) is 5.66. The largest absolute Gasteiger partial charge is 0.466 e. The highest BCUT2D eigenvalue weighted by Crippen LogP contribution is 2.20. The average molecular weight is 328 g/mol. The molecule has 7 heteroatoms. The fourth-order valence-electron chi connectivity index (χ4n) is 1.88. The highest BCUT2D eigenvalue weighted by atomic mass is 35.5. The van der Waals surface area contributed by atoms with Gasteiger partial charge in [0, 0.05) is 19.2 Å². The third-order valence-electron chi connectivity index (χ3n) is 2.88. The van der Waals surface area contributed by atoms with E-state index in [1.807, 2.05) is 0 Å². The lowest BCUT2D eigenvalue weighted by Crippen LogP contribution is -2.24. The minimum Gasteiger partial charge on any atom is -0.466 e. The van der Waals surface area contributed by atoms with Crippen molar-refractivity contribution in [3.8, 4) is 0 Å². The van der Waals surface area contributed by atoms with Crippen LogP contribution in [0, 0.1) is 12.8 Å². The Kier molecular flexibility index (Phi) is 7.11. The predicted molar refractivity (Wildman–Crippen MR) is 84.9 cm³/mol. The molecule has 0 aromatic carbocycles. The molecule has 1 aromatic heterocycles. The molecule has 0 bridgehead atoms. The van der Waals surface area contributed by atoms with E-state index in [1.165, 1.54) is 13.2 Å². The first-order valence-electron chi connectivity index (χ1n) is 7.12. The first-order chi connectivity index (χ1) is 10.4. The first kappa shape index (κ1) is 18.2. The smallest absolute Gasteiger partial charge is 0.330 e. The number of nitrogens with zero attached hydrogens (tertiary/aromatic N) is 2. The topological polar surface area (TPSA) is 73.2 Å². The molecule has 0 atom stereocenters. The van der Waals surface area contributed by atoms with Gasteiger partial charge in [0.1, 0.15) is 5.15 Å². The van der Waals surface area contributed by atoms with Crippen LogP contribution in [-0.4, -0.2) is 35.3 Å². The zero-order chi connectivity index (χ0) is 16.7. The highest BCUT2D eigenvalue weighted by Gasteiger charge is 2.20. The van der Waals surface area contributed by atoms with E-state index in [9.17, 15) is 9.59 Å². The number of aryl methyl sites for hydroxylation is 1. The fraction of sp³-hybridized carbons (Fsp3) is 0.533. The van der Waals surface area contributed by atoms with Gasteiger partial charge in [-0.05, 0) is 19.3 Å². The molecule has 0 radical (unpaired) electrons. The molecule has 0 spiro atoms. The number of carbonyl (C=O) groups is 2. The number of hydrogen-bond acceptors (Lipinski definition) is 4. The Labute approximate surface area is 135 Å². The van der Waals surface area contributed by atoms with E-state index in [0.29, 0.717) is 41.8 Å². The van der Waals surface area contributed by atoms with Gasteiger partial charge in [-0.1, -0.05) is 31.5 Å². The Balaban J connectivity index is 2.61. The number of rotatable bonds is 7. The van der Waals surface area contributed by atoms with Crippen LogP contribution in [-0.2, 0) is 16.1 Å². The third-order valence-corrected chi connectivity index (χ3v) is 3.27. The average Bonchev–Trinajstić information content (AvgIpc) is 2.71.